The van der Waals surface area contributed by atoms with Crippen molar-refractivity contribution < 1.29 is 33.6 Å². The molecule has 2 amide bonds. The SMILES string of the molecule is C=C(O)/C(CC)=C(CCc1ccc(OCCN2C(=O)c3ccccc3C2=O)cc1)\N=C(/C)OCC1COCCO1. The number of ether oxygens (including phenoxy) is 4. The Labute approximate surface area is 234 Å². The first-order valence-electron chi connectivity index (χ1n) is 13.5. The number of aryl methyl sites for hydroxylation is 1. The van der Waals surface area contributed by atoms with Gasteiger partial charge in [0.25, 0.3) is 11.8 Å². The number of amides is 2. The summed E-state index contributed by atoms with van der Waals surface area (Å²) in [7, 11) is 0. The Bertz CT molecular complexity index is 1240. The second kappa shape index (κ2) is 13.9. The van der Waals surface area contributed by atoms with Gasteiger partial charge in [0.2, 0.25) is 0 Å². The second-order valence-electron chi connectivity index (χ2n) is 9.53. The number of aliphatic hydroxyl groups is 1. The molecule has 0 spiro atoms. The lowest BCUT2D eigenvalue weighted by molar-refractivity contribution is -0.103. The van der Waals surface area contributed by atoms with E-state index in [4.69, 9.17) is 18.9 Å². The average molecular weight is 549 g/mol. The molecule has 0 aromatic heterocycles. The van der Waals surface area contributed by atoms with E-state index in [1.807, 2.05) is 31.2 Å². The van der Waals surface area contributed by atoms with Gasteiger partial charge in [-0.15, -0.1) is 0 Å². The highest BCUT2D eigenvalue weighted by atomic mass is 16.6. The maximum atomic E-state index is 12.5. The standard InChI is InChI=1S/C31H36N2O7/c1-4-26(21(2)34)29(32-22(3)40-20-25-19-37-17-18-39-25)14-11-23-9-12-24(13-10-23)38-16-15-33-30(35)27-7-5-6-8-28(27)31(33)36/h5-10,12-13,25,34H,2,4,11,14-20H2,1,3H3/b29-26-,32-22+. The van der Waals surface area contributed by atoms with Gasteiger partial charge in [-0.05, 0) is 49.1 Å². The first-order chi connectivity index (χ1) is 19.4. The fourth-order valence-corrected chi connectivity index (χ4v) is 4.63. The summed E-state index contributed by atoms with van der Waals surface area (Å²) in [4.78, 5) is 30.9. The smallest absolute Gasteiger partial charge is 0.261 e. The molecule has 40 heavy (non-hydrogen) atoms. The highest BCUT2D eigenvalue weighted by Crippen LogP contribution is 2.24. The van der Waals surface area contributed by atoms with Crippen molar-refractivity contribution in [2.45, 2.75) is 39.2 Å². The van der Waals surface area contributed by atoms with Gasteiger partial charge in [0, 0.05) is 12.5 Å². The Morgan fingerprint density at radius 1 is 1.10 bits per heavy atom. The van der Waals surface area contributed by atoms with Crippen LogP contribution in [-0.4, -0.2) is 73.4 Å². The van der Waals surface area contributed by atoms with E-state index in [1.54, 1.807) is 31.2 Å². The molecule has 1 atom stereocenters. The Balaban J connectivity index is 1.30. The van der Waals surface area contributed by atoms with Crippen LogP contribution in [0.25, 0.3) is 0 Å². The van der Waals surface area contributed by atoms with Gasteiger partial charge in [-0.2, -0.15) is 0 Å². The lowest BCUT2D eigenvalue weighted by atomic mass is 10.0. The number of carbonyl (C=O) groups excluding carboxylic acids is 2. The molecule has 4 rings (SSSR count). The molecule has 2 aromatic carbocycles. The fraction of sp³-hybridized carbons (Fsp3) is 0.387. The van der Waals surface area contributed by atoms with Crippen LogP contribution in [0.4, 0.5) is 0 Å². The topological polar surface area (TPSA) is 107 Å². The van der Waals surface area contributed by atoms with Crippen LogP contribution in [0.2, 0.25) is 0 Å². The lowest BCUT2D eigenvalue weighted by Gasteiger charge is -2.22. The maximum Gasteiger partial charge on any atom is 0.261 e. The van der Waals surface area contributed by atoms with Crippen molar-refractivity contribution in [1.82, 2.24) is 4.90 Å². The summed E-state index contributed by atoms with van der Waals surface area (Å²) in [6.45, 7) is 9.79. The number of nitrogens with zero attached hydrogens (tertiary/aromatic N) is 2. The molecule has 0 radical (unpaired) electrons. The number of carbonyl (C=O) groups is 2. The number of aliphatic hydroxyl groups excluding tert-OH is 1. The molecule has 9 heteroatoms. The first-order valence-corrected chi connectivity index (χ1v) is 13.5. The zero-order valence-corrected chi connectivity index (χ0v) is 23.1. The number of rotatable bonds is 12. The molecule has 0 saturated carbocycles. The molecule has 212 valence electrons. The zero-order valence-electron chi connectivity index (χ0n) is 23.1. The summed E-state index contributed by atoms with van der Waals surface area (Å²) >= 11 is 0. The van der Waals surface area contributed by atoms with E-state index in [2.05, 4.69) is 11.6 Å². The molecule has 2 aliphatic rings. The Morgan fingerprint density at radius 2 is 1.80 bits per heavy atom. The number of hydrogen-bond donors (Lipinski definition) is 1. The average Bonchev–Trinajstić information content (AvgIpc) is 3.21. The Hall–Kier alpha value is -3.95. The van der Waals surface area contributed by atoms with Crippen LogP contribution < -0.4 is 4.74 Å². The maximum absolute atomic E-state index is 12.5. The highest BCUT2D eigenvalue weighted by Gasteiger charge is 2.34. The van der Waals surface area contributed by atoms with Crippen molar-refractivity contribution in [2.75, 3.05) is 39.6 Å². The summed E-state index contributed by atoms with van der Waals surface area (Å²) in [6.07, 6.45) is 1.71. The highest BCUT2D eigenvalue weighted by molar-refractivity contribution is 6.21. The summed E-state index contributed by atoms with van der Waals surface area (Å²) in [5.41, 5.74) is 3.33. The molecule has 1 unspecified atom stereocenters. The number of hydrogen-bond acceptors (Lipinski definition) is 8. The van der Waals surface area contributed by atoms with Crippen LogP contribution in [0.15, 0.2) is 77.1 Å². The van der Waals surface area contributed by atoms with Crippen LogP contribution in [0.3, 0.4) is 0 Å². The van der Waals surface area contributed by atoms with Gasteiger partial charge in [0.1, 0.15) is 30.8 Å². The van der Waals surface area contributed by atoms with E-state index in [0.29, 0.717) is 74.0 Å². The van der Waals surface area contributed by atoms with Crippen LogP contribution >= 0.6 is 0 Å². The Morgan fingerprint density at radius 3 is 2.40 bits per heavy atom. The van der Waals surface area contributed by atoms with Crippen molar-refractivity contribution in [3.05, 3.63) is 88.8 Å². The summed E-state index contributed by atoms with van der Waals surface area (Å²) in [5.74, 6) is 0.545. The predicted octanol–water partition coefficient (Wildman–Crippen LogP) is 4.88. The monoisotopic (exact) mass is 548 g/mol. The van der Waals surface area contributed by atoms with Gasteiger partial charge in [-0.25, -0.2) is 4.99 Å². The largest absolute Gasteiger partial charge is 0.508 e. The van der Waals surface area contributed by atoms with Gasteiger partial charge >= 0.3 is 0 Å². The first kappa shape index (κ1) is 29.0. The van der Waals surface area contributed by atoms with Gasteiger partial charge < -0.3 is 24.1 Å². The van der Waals surface area contributed by atoms with Crippen LogP contribution in [0.5, 0.6) is 5.75 Å². The van der Waals surface area contributed by atoms with E-state index < -0.39 is 0 Å². The molecule has 2 aliphatic heterocycles. The normalized spacial score (nSPS) is 17.9. The van der Waals surface area contributed by atoms with E-state index in [9.17, 15) is 14.7 Å². The molecule has 0 bridgehead atoms. The summed E-state index contributed by atoms with van der Waals surface area (Å²) in [6, 6.07) is 14.5. The fourth-order valence-electron chi connectivity index (χ4n) is 4.63. The lowest BCUT2D eigenvalue weighted by Crippen LogP contribution is -2.33. The van der Waals surface area contributed by atoms with Gasteiger partial charge in [-0.1, -0.05) is 37.8 Å². The molecule has 0 aliphatic carbocycles. The van der Waals surface area contributed by atoms with E-state index >= 15 is 0 Å². The third kappa shape index (κ3) is 7.37. The minimum absolute atomic E-state index is 0.000117. The molecule has 2 aromatic rings. The second-order valence-corrected chi connectivity index (χ2v) is 9.53. The number of imide groups is 1. The molecule has 1 N–H and O–H groups in total. The van der Waals surface area contributed by atoms with Gasteiger partial charge in [-0.3, -0.25) is 14.5 Å². The molecule has 9 nitrogen and oxygen atoms in total. The summed E-state index contributed by atoms with van der Waals surface area (Å²) < 4.78 is 22.6. The number of fused-ring (bicyclic) bond motifs is 1. The number of aliphatic imine (C=N–C) groups is 1. The van der Waals surface area contributed by atoms with Crippen LogP contribution in [-0.2, 0) is 20.6 Å². The van der Waals surface area contributed by atoms with Crippen molar-refractivity contribution in [3.8, 4) is 5.75 Å². The van der Waals surface area contributed by atoms with E-state index in [0.717, 1.165) is 11.3 Å². The van der Waals surface area contributed by atoms with E-state index in [1.165, 1.54) is 4.90 Å². The van der Waals surface area contributed by atoms with E-state index in [-0.39, 0.29) is 36.8 Å². The molecular formula is C31H36N2O7. The minimum atomic E-state index is -0.292. The Kier molecular flexibility index (Phi) is 10.1. The van der Waals surface area contributed by atoms with Gasteiger partial charge in [0.15, 0.2) is 5.90 Å². The molecular weight excluding hydrogens is 512 g/mol. The summed E-state index contributed by atoms with van der Waals surface area (Å²) in [5, 5.41) is 10.1. The third-order valence-corrected chi connectivity index (χ3v) is 6.74. The zero-order chi connectivity index (χ0) is 28.5. The molecule has 1 fully saturated rings. The van der Waals surface area contributed by atoms with Crippen molar-refractivity contribution in [2.24, 2.45) is 4.99 Å². The van der Waals surface area contributed by atoms with Gasteiger partial charge in [0.05, 0.1) is 43.2 Å². The van der Waals surface area contributed by atoms with Crippen molar-refractivity contribution in [3.63, 3.8) is 0 Å². The number of allylic oxidation sites excluding steroid dienone is 2. The van der Waals surface area contributed by atoms with Crippen molar-refractivity contribution >= 4 is 17.7 Å². The minimum Gasteiger partial charge on any atom is -0.508 e. The quantitative estimate of drug-likeness (QED) is 0.132. The van der Waals surface area contributed by atoms with Crippen molar-refractivity contribution in [1.29, 1.82) is 0 Å². The number of benzene rings is 2. The third-order valence-electron chi connectivity index (χ3n) is 6.74. The molecule has 2 heterocycles. The van der Waals surface area contributed by atoms with Crippen LogP contribution in [0.1, 0.15) is 53.0 Å². The predicted molar refractivity (Wildman–Crippen MR) is 151 cm³/mol. The molecule has 1 saturated heterocycles. The van der Waals surface area contributed by atoms with Crippen LogP contribution in [0, 0.1) is 0 Å².